The highest BCUT2D eigenvalue weighted by Gasteiger charge is 2.61. The topological polar surface area (TPSA) is 75.9 Å². The quantitative estimate of drug-likeness (QED) is 0.833. The van der Waals surface area contributed by atoms with Crippen LogP contribution in [0, 0.1) is 5.41 Å². The van der Waals surface area contributed by atoms with Gasteiger partial charge in [0.05, 0.1) is 18.6 Å². The second kappa shape index (κ2) is 6.37. The number of hydrogen-bond acceptors (Lipinski definition) is 4. The van der Waals surface area contributed by atoms with E-state index in [9.17, 15) is 18.4 Å². The number of likely N-dealkylation sites (tertiary alicyclic amines) is 2. The predicted molar refractivity (Wildman–Crippen MR) is 89.2 cm³/mol. The molecule has 2 fully saturated rings. The fraction of sp³-hybridized carbons (Fsp3) is 0.882. The number of fused-ring (bicyclic) bond motifs is 1. The second-order valence-corrected chi connectivity index (χ2v) is 8.70. The summed E-state index contributed by atoms with van der Waals surface area (Å²) in [6, 6.07) is -1.61. The van der Waals surface area contributed by atoms with Gasteiger partial charge in [-0.25, -0.2) is 13.6 Å². The van der Waals surface area contributed by atoms with E-state index in [0.29, 0.717) is 25.9 Å². The second-order valence-electron chi connectivity index (χ2n) is 8.70. The molecule has 2 heterocycles. The smallest absolute Gasteiger partial charge is 0.410 e. The van der Waals surface area contributed by atoms with Crippen molar-refractivity contribution in [3.8, 4) is 0 Å². The van der Waals surface area contributed by atoms with Gasteiger partial charge < -0.3 is 10.5 Å². The number of ether oxygens (including phenoxy) is 1. The van der Waals surface area contributed by atoms with Gasteiger partial charge in [-0.1, -0.05) is 13.8 Å². The number of hydrogen-bond donors (Lipinski definition) is 1. The third-order valence-corrected chi connectivity index (χ3v) is 5.00. The molecule has 2 amide bonds. The summed E-state index contributed by atoms with van der Waals surface area (Å²) in [6.45, 7) is 8.72. The van der Waals surface area contributed by atoms with Gasteiger partial charge in [-0.3, -0.25) is 14.6 Å². The molecule has 0 aromatic rings. The van der Waals surface area contributed by atoms with E-state index in [-0.39, 0.29) is 0 Å². The van der Waals surface area contributed by atoms with E-state index in [1.807, 2.05) is 0 Å². The summed E-state index contributed by atoms with van der Waals surface area (Å²) in [5.41, 5.74) is 3.88. The van der Waals surface area contributed by atoms with Crippen LogP contribution in [0.25, 0.3) is 0 Å². The summed E-state index contributed by atoms with van der Waals surface area (Å²) in [5, 5.41) is 0. The number of halogens is 2. The van der Waals surface area contributed by atoms with Gasteiger partial charge in [-0.2, -0.15) is 0 Å². The minimum Gasteiger partial charge on any atom is -0.444 e. The molecule has 0 aliphatic carbocycles. The van der Waals surface area contributed by atoms with Gasteiger partial charge in [-0.15, -0.1) is 0 Å². The van der Waals surface area contributed by atoms with Gasteiger partial charge in [0.25, 0.3) is 5.92 Å². The molecule has 2 rings (SSSR count). The molecule has 6 nitrogen and oxygen atoms in total. The van der Waals surface area contributed by atoms with Crippen LogP contribution in [0.5, 0.6) is 0 Å². The zero-order chi connectivity index (χ0) is 19.2. The number of nitrogens with two attached hydrogens (primary N) is 1. The first-order valence-electron chi connectivity index (χ1n) is 8.66. The van der Waals surface area contributed by atoms with Gasteiger partial charge in [0.1, 0.15) is 5.60 Å². The first-order chi connectivity index (χ1) is 11.2. The molecular formula is C17H29F2N3O3. The highest BCUT2D eigenvalue weighted by Crippen LogP contribution is 2.42. The largest absolute Gasteiger partial charge is 0.444 e. The van der Waals surface area contributed by atoms with Crippen molar-refractivity contribution in [1.29, 1.82) is 0 Å². The molecule has 2 aliphatic rings. The molecule has 0 aromatic carbocycles. The molecule has 144 valence electrons. The number of amides is 2. The summed E-state index contributed by atoms with van der Waals surface area (Å²) < 4.78 is 34.5. The summed E-state index contributed by atoms with van der Waals surface area (Å²) in [5.74, 6) is -3.45. The summed E-state index contributed by atoms with van der Waals surface area (Å²) >= 11 is 0. The Kier molecular flexibility index (Phi) is 5.07. The summed E-state index contributed by atoms with van der Waals surface area (Å²) in [6.07, 6.45) is 0.170. The van der Waals surface area contributed by atoms with E-state index in [0.717, 1.165) is 4.90 Å². The van der Waals surface area contributed by atoms with Crippen molar-refractivity contribution in [3.05, 3.63) is 0 Å². The minimum absolute atomic E-state index is 0.342. The number of alkyl halides is 2. The van der Waals surface area contributed by atoms with Gasteiger partial charge in [0.2, 0.25) is 5.91 Å². The van der Waals surface area contributed by atoms with Crippen LogP contribution in [0.4, 0.5) is 13.6 Å². The van der Waals surface area contributed by atoms with Crippen LogP contribution in [-0.2, 0) is 9.53 Å². The molecule has 0 aromatic heterocycles. The average Bonchev–Trinajstić information content (AvgIpc) is 2.95. The Hall–Kier alpha value is -1.44. The van der Waals surface area contributed by atoms with Crippen molar-refractivity contribution < 1.29 is 23.1 Å². The van der Waals surface area contributed by atoms with Crippen molar-refractivity contribution >= 4 is 12.0 Å². The standard InChI is InChI=1S/C17H29F2N3O3/c1-15(2,3)25-14(24)22-10-17(18,19)12-11(22)6-8-21(12)9-7-16(4,5)13(20)23/h11-12H,6-10H2,1-5H3,(H2,20,23)/t11-,12+/m0/s1. The maximum Gasteiger partial charge on any atom is 0.410 e. The maximum atomic E-state index is 14.6. The zero-order valence-electron chi connectivity index (χ0n) is 15.6. The first kappa shape index (κ1) is 19.9. The van der Waals surface area contributed by atoms with Crippen molar-refractivity contribution in [2.75, 3.05) is 19.6 Å². The SMILES string of the molecule is CC(C)(C)OC(=O)N1CC(F)(F)[C@H]2[C@@H]1CCN2CCC(C)(C)C(N)=O. The molecule has 2 atom stereocenters. The Morgan fingerprint density at radius 2 is 1.84 bits per heavy atom. The van der Waals surface area contributed by atoms with E-state index < -0.39 is 47.6 Å². The molecule has 0 spiro atoms. The molecule has 0 bridgehead atoms. The maximum absolute atomic E-state index is 14.6. The molecule has 2 aliphatic heterocycles. The molecule has 2 saturated heterocycles. The Balaban J connectivity index is 2.09. The lowest BCUT2D eigenvalue weighted by atomic mass is 9.88. The van der Waals surface area contributed by atoms with Crippen LogP contribution in [0.2, 0.25) is 0 Å². The van der Waals surface area contributed by atoms with E-state index in [1.165, 1.54) is 0 Å². The van der Waals surface area contributed by atoms with Gasteiger partial charge >= 0.3 is 6.09 Å². The van der Waals surface area contributed by atoms with E-state index in [4.69, 9.17) is 10.5 Å². The van der Waals surface area contributed by atoms with Crippen molar-refractivity contribution in [1.82, 2.24) is 9.80 Å². The van der Waals surface area contributed by atoms with Gasteiger partial charge in [0.15, 0.2) is 0 Å². The Labute approximate surface area is 147 Å². The lowest BCUT2D eigenvalue weighted by Gasteiger charge is -2.30. The molecule has 0 radical (unpaired) electrons. The van der Waals surface area contributed by atoms with Gasteiger partial charge in [-0.05, 0) is 40.2 Å². The lowest BCUT2D eigenvalue weighted by Crippen LogP contribution is -2.47. The van der Waals surface area contributed by atoms with Crippen LogP contribution in [0.1, 0.15) is 47.5 Å². The molecule has 25 heavy (non-hydrogen) atoms. The predicted octanol–water partition coefficient (Wildman–Crippen LogP) is 2.22. The third-order valence-electron chi connectivity index (χ3n) is 5.00. The molecule has 0 unspecified atom stereocenters. The lowest BCUT2D eigenvalue weighted by molar-refractivity contribution is -0.126. The van der Waals surface area contributed by atoms with Gasteiger partial charge in [0, 0.05) is 12.0 Å². The van der Waals surface area contributed by atoms with Crippen molar-refractivity contribution in [2.45, 2.75) is 71.1 Å². The minimum atomic E-state index is -3.01. The fourth-order valence-electron chi connectivity index (χ4n) is 3.47. The number of primary amides is 1. The first-order valence-corrected chi connectivity index (χ1v) is 8.66. The van der Waals surface area contributed by atoms with Crippen LogP contribution >= 0.6 is 0 Å². The average molecular weight is 361 g/mol. The Morgan fingerprint density at radius 1 is 1.24 bits per heavy atom. The normalized spacial score (nSPS) is 26.6. The van der Waals surface area contributed by atoms with Crippen LogP contribution in [0.3, 0.4) is 0 Å². The van der Waals surface area contributed by atoms with Crippen LogP contribution in [0.15, 0.2) is 0 Å². The number of rotatable bonds is 4. The van der Waals surface area contributed by atoms with E-state index >= 15 is 0 Å². The summed E-state index contributed by atoms with van der Waals surface area (Å²) in [4.78, 5) is 26.6. The van der Waals surface area contributed by atoms with Crippen molar-refractivity contribution in [3.63, 3.8) is 0 Å². The van der Waals surface area contributed by atoms with E-state index in [1.54, 1.807) is 39.5 Å². The molecule has 0 saturated carbocycles. The number of nitrogens with zero attached hydrogens (tertiary/aromatic N) is 2. The molecule has 2 N–H and O–H groups in total. The highest BCUT2D eigenvalue weighted by atomic mass is 19.3. The van der Waals surface area contributed by atoms with Crippen LogP contribution in [-0.4, -0.2) is 65.0 Å². The van der Waals surface area contributed by atoms with E-state index in [2.05, 4.69) is 0 Å². The zero-order valence-corrected chi connectivity index (χ0v) is 15.6. The monoisotopic (exact) mass is 361 g/mol. The van der Waals surface area contributed by atoms with Crippen molar-refractivity contribution in [2.24, 2.45) is 11.1 Å². The molecular weight excluding hydrogens is 332 g/mol. The fourth-order valence-corrected chi connectivity index (χ4v) is 3.47. The number of carbonyl (C=O) groups is 2. The highest BCUT2D eigenvalue weighted by molar-refractivity contribution is 5.79. The Bertz CT molecular complexity index is 546. The third kappa shape index (κ3) is 4.22. The number of carbonyl (C=O) groups excluding carboxylic acids is 2. The van der Waals surface area contributed by atoms with Crippen LogP contribution < -0.4 is 5.73 Å². The molecule has 8 heteroatoms. The summed E-state index contributed by atoms with van der Waals surface area (Å²) in [7, 11) is 0. The Morgan fingerprint density at radius 3 is 2.36 bits per heavy atom.